The molecule has 134 valence electrons. The predicted octanol–water partition coefficient (Wildman–Crippen LogP) is 7.51. The Hall–Kier alpha value is -1.13. The van der Waals surface area contributed by atoms with E-state index in [-0.39, 0.29) is 9.90 Å². The summed E-state index contributed by atoms with van der Waals surface area (Å²) in [5, 5.41) is 0. The molecule has 0 N–H and O–H groups in total. The van der Waals surface area contributed by atoms with Crippen molar-refractivity contribution >= 4 is 9.90 Å². The Labute approximate surface area is 157 Å². The van der Waals surface area contributed by atoms with E-state index in [9.17, 15) is 0 Å². The van der Waals surface area contributed by atoms with Crippen LogP contribution in [0.15, 0.2) is 48.5 Å². The van der Waals surface area contributed by atoms with Crippen molar-refractivity contribution in [2.75, 3.05) is 0 Å². The van der Waals surface area contributed by atoms with Crippen molar-refractivity contribution in [3.63, 3.8) is 0 Å². The van der Waals surface area contributed by atoms with E-state index in [0.29, 0.717) is 0 Å². The van der Waals surface area contributed by atoms with Crippen LogP contribution in [0.5, 0.6) is 0 Å². The number of benzene rings is 2. The van der Waals surface area contributed by atoms with Gasteiger partial charge >= 0.3 is 0 Å². The van der Waals surface area contributed by atoms with E-state index in [4.69, 9.17) is 0 Å². The highest BCUT2D eigenvalue weighted by Gasteiger charge is 2.16. The van der Waals surface area contributed by atoms with Crippen LogP contribution in [0.3, 0.4) is 0 Å². The van der Waals surface area contributed by atoms with Gasteiger partial charge < -0.3 is 0 Å². The molecule has 4 rings (SSSR count). The number of rotatable bonds is 3. The molecule has 2 aromatic rings. The van der Waals surface area contributed by atoms with E-state index in [1.54, 1.807) is 11.1 Å². The van der Waals surface area contributed by atoms with E-state index in [2.05, 4.69) is 48.5 Å². The second kappa shape index (κ2) is 9.00. The second-order valence-corrected chi connectivity index (χ2v) is 7.91. The molecule has 0 heterocycles. The summed E-state index contributed by atoms with van der Waals surface area (Å²) in [6.07, 6.45) is 14.0. The minimum absolute atomic E-state index is 0. The first-order chi connectivity index (χ1) is 11.9. The fourth-order valence-electron chi connectivity index (χ4n) is 4.77. The van der Waals surface area contributed by atoms with Gasteiger partial charge in [-0.3, -0.25) is 0 Å². The van der Waals surface area contributed by atoms with Gasteiger partial charge in [-0.2, -0.15) is 9.90 Å². The van der Waals surface area contributed by atoms with Crippen LogP contribution in [-0.4, -0.2) is 0 Å². The van der Waals surface area contributed by atoms with Gasteiger partial charge in [-0.1, -0.05) is 87.1 Å². The molecule has 0 aliphatic heterocycles. The Morgan fingerprint density at radius 3 is 1.08 bits per heavy atom. The number of hydrogen-bond acceptors (Lipinski definition) is 0. The monoisotopic (exact) mass is 352 g/mol. The lowest BCUT2D eigenvalue weighted by atomic mass is 9.83. The first-order valence-corrected chi connectivity index (χ1v) is 10.1. The molecular formula is C24H33P. The maximum absolute atomic E-state index is 2.38. The Balaban J connectivity index is 0.00000182. The van der Waals surface area contributed by atoms with Gasteiger partial charge in [0.25, 0.3) is 0 Å². The summed E-state index contributed by atoms with van der Waals surface area (Å²) in [6.45, 7) is 0. The highest BCUT2D eigenvalue weighted by Crippen LogP contribution is 2.35. The summed E-state index contributed by atoms with van der Waals surface area (Å²) in [6, 6.07) is 18.8. The molecule has 2 fully saturated rings. The maximum Gasteiger partial charge on any atom is -0.0162 e. The van der Waals surface area contributed by atoms with Crippen molar-refractivity contribution in [3.05, 3.63) is 59.7 Å². The molecule has 2 saturated carbocycles. The van der Waals surface area contributed by atoms with Crippen LogP contribution in [0, 0.1) is 0 Å². The van der Waals surface area contributed by atoms with Gasteiger partial charge in [-0.05, 0) is 59.8 Å². The van der Waals surface area contributed by atoms with Crippen molar-refractivity contribution in [3.8, 4) is 11.1 Å². The van der Waals surface area contributed by atoms with E-state index in [0.717, 1.165) is 11.8 Å². The van der Waals surface area contributed by atoms with E-state index >= 15 is 0 Å². The zero-order valence-electron chi connectivity index (χ0n) is 15.6. The summed E-state index contributed by atoms with van der Waals surface area (Å²) < 4.78 is 0. The molecule has 0 aromatic heterocycles. The van der Waals surface area contributed by atoms with Crippen LogP contribution >= 0.6 is 9.90 Å². The van der Waals surface area contributed by atoms with Crippen LogP contribution in [0.4, 0.5) is 0 Å². The quantitative estimate of drug-likeness (QED) is 0.501. The van der Waals surface area contributed by atoms with Gasteiger partial charge in [0.15, 0.2) is 0 Å². The standard InChI is InChI=1S/C24H30.H3P/c1-3-7-19(8-4-1)21-11-15-23(16-12-21)24-17-13-22(14-18-24)20-9-5-2-6-10-20;/h11-20H,1-10H2;1H3. The molecule has 1 unspecified atom stereocenters. The highest BCUT2D eigenvalue weighted by molar-refractivity contribution is 6.92. The highest BCUT2D eigenvalue weighted by atomic mass is 31.0. The average molecular weight is 353 g/mol. The third-order valence-corrected chi connectivity index (χ3v) is 6.31. The normalized spacial score (nSPS) is 19.4. The zero-order valence-corrected chi connectivity index (χ0v) is 17.0. The molecule has 2 aliphatic carbocycles. The first kappa shape index (κ1) is 18.7. The van der Waals surface area contributed by atoms with Crippen LogP contribution in [0.25, 0.3) is 11.1 Å². The molecule has 0 spiro atoms. The van der Waals surface area contributed by atoms with Crippen LogP contribution in [0.2, 0.25) is 0 Å². The maximum atomic E-state index is 2.38. The molecule has 1 heteroatoms. The fourth-order valence-corrected chi connectivity index (χ4v) is 4.77. The first-order valence-electron chi connectivity index (χ1n) is 10.1. The van der Waals surface area contributed by atoms with Gasteiger partial charge in [0, 0.05) is 0 Å². The second-order valence-electron chi connectivity index (χ2n) is 7.91. The molecule has 2 aliphatic rings. The smallest absolute Gasteiger partial charge is 0.0162 e. The molecule has 2 aromatic carbocycles. The van der Waals surface area contributed by atoms with Gasteiger partial charge in [0.05, 0.1) is 0 Å². The molecule has 1 atom stereocenters. The van der Waals surface area contributed by atoms with Crippen LogP contribution < -0.4 is 0 Å². The van der Waals surface area contributed by atoms with Crippen molar-refractivity contribution in [1.82, 2.24) is 0 Å². The van der Waals surface area contributed by atoms with Crippen LogP contribution in [-0.2, 0) is 0 Å². The largest absolute Gasteiger partial charge is 0.153 e. The summed E-state index contributed by atoms with van der Waals surface area (Å²) in [7, 11) is 0. The van der Waals surface area contributed by atoms with Crippen molar-refractivity contribution < 1.29 is 0 Å². The fraction of sp³-hybridized carbons (Fsp3) is 0.500. The lowest BCUT2D eigenvalue weighted by molar-refractivity contribution is 0.443. The third kappa shape index (κ3) is 4.53. The van der Waals surface area contributed by atoms with Crippen molar-refractivity contribution in [2.24, 2.45) is 0 Å². The van der Waals surface area contributed by atoms with Crippen LogP contribution in [0.1, 0.15) is 87.2 Å². The topological polar surface area (TPSA) is 0 Å². The minimum Gasteiger partial charge on any atom is -0.153 e. The molecule has 0 radical (unpaired) electrons. The minimum atomic E-state index is 0. The van der Waals surface area contributed by atoms with Gasteiger partial charge in [0.1, 0.15) is 0 Å². The molecule has 0 amide bonds. The Bertz CT molecular complexity index is 569. The predicted molar refractivity (Wildman–Crippen MR) is 115 cm³/mol. The zero-order chi connectivity index (χ0) is 16.2. The molecule has 0 bridgehead atoms. The van der Waals surface area contributed by atoms with Gasteiger partial charge in [-0.15, -0.1) is 0 Å². The Kier molecular flexibility index (Phi) is 6.71. The lowest BCUT2D eigenvalue weighted by Crippen LogP contribution is -2.04. The third-order valence-electron chi connectivity index (χ3n) is 6.31. The number of hydrogen-bond donors (Lipinski definition) is 0. The summed E-state index contributed by atoms with van der Waals surface area (Å²) in [5.74, 6) is 1.61. The van der Waals surface area contributed by atoms with E-state index in [1.165, 1.54) is 75.3 Å². The Morgan fingerprint density at radius 1 is 0.440 bits per heavy atom. The summed E-state index contributed by atoms with van der Waals surface area (Å²) in [4.78, 5) is 0. The van der Waals surface area contributed by atoms with Crippen molar-refractivity contribution in [1.29, 1.82) is 0 Å². The average Bonchev–Trinajstić information content (AvgIpc) is 2.70. The van der Waals surface area contributed by atoms with Gasteiger partial charge in [-0.25, -0.2) is 0 Å². The molecule has 25 heavy (non-hydrogen) atoms. The van der Waals surface area contributed by atoms with E-state index in [1.807, 2.05) is 0 Å². The Morgan fingerprint density at radius 2 is 0.760 bits per heavy atom. The van der Waals surface area contributed by atoms with Crippen molar-refractivity contribution in [2.45, 2.75) is 76.0 Å². The van der Waals surface area contributed by atoms with E-state index < -0.39 is 0 Å². The molecule has 0 nitrogen and oxygen atoms in total. The molecule has 0 saturated heterocycles. The lowest BCUT2D eigenvalue weighted by Gasteiger charge is -2.22. The SMILES string of the molecule is P.c1cc(C2CCCCC2)ccc1-c1ccc(C2CCCCC2)cc1. The van der Waals surface area contributed by atoms with Gasteiger partial charge in [0.2, 0.25) is 0 Å². The summed E-state index contributed by atoms with van der Waals surface area (Å²) >= 11 is 0. The molecular weight excluding hydrogens is 319 g/mol. The summed E-state index contributed by atoms with van der Waals surface area (Å²) in [5.41, 5.74) is 5.84.